The number of ether oxygens (including phenoxy) is 1. The maximum Gasteiger partial charge on any atom is 0.414 e. The molecule has 2 rings (SSSR count). The minimum Gasteiger partial charge on any atom is -0.465 e. The van der Waals surface area contributed by atoms with Crippen LogP contribution in [0, 0.1) is 0 Å². The van der Waals surface area contributed by atoms with Crippen LogP contribution in [0.4, 0.5) is 21.1 Å². The largest absolute Gasteiger partial charge is 0.465 e. The standard InChI is InChI=1S/C13H16BrN3O4/c1-13(2,3)21-12(20)16-4-5-17(11(18)19)10-9(16)6-8(14)7-15-10/h6-7H,4-5H2,1-3H3,(H,18,19). The molecule has 0 saturated heterocycles. The molecule has 2 amide bonds. The molecule has 1 aromatic heterocycles. The molecule has 8 heteroatoms. The molecule has 1 aliphatic rings. The number of hydrogen-bond acceptors (Lipinski definition) is 4. The third kappa shape index (κ3) is 3.44. The van der Waals surface area contributed by atoms with Gasteiger partial charge in [-0.15, -0.1) is 0 Å². The molecule has 21 heavy (non-hydrogen) atoms. The molecule has 1 aromatic rings. The fourth-order valence-corrected chi connectivity index (χ4v) is 2.27. The van der Waals surface area contributed by atoms with Crippen LogP contribution in [-0.4, -0.2) is 41.0 Å². The Bertz CT molecular complexity index is 585. The van der Waals surface area contributed by atoms with Crippen LogP contribution in [0.25, 0.3) is 0 Å². The number of anilines is 2. The third-order valence-electron chi connectivity index (χ3n) is 2.75. The number of aromatic nitrogens is 1. The first-order valence-electron chi connectivity index (χ1n) is 6.35. The number of fused-ring (bicyclic) bond motifs is 1. The minimum atomic E-state index is -1.10. The fraction of sp³-hybridized carbons (Fsp3) is 0.462. The van der Waals surface area contributed by atoms with Crippen LogP contribution in [0.2, 0.25) is 0 Å². The van der Waals surface area contributed by atoms with E-state index in [9.17, 15) is 14.7 Å². The summed E-state index contributed by atoms with van der Waals surface area (Å²) >= 11 is 3.28. The first kappa shape index (κ1) is 15.6. The van der Waals surface area contributed by atoms with Gasteiger partial charge in [0, 0.05) is 23.8 Å². The molecule has 2 heterocycles. The molecule has 0 spiro atoms. The van der Waals surface area contributed by atoms with Gasteiger partial charge in [-0.3, -0.25) is 9.80 Å². The quantitative estimate of drug-likeness (QED) is 0.771. The molecule has 0 atom stereocenters. The summed E-state index contributed by atoms with van der Waals surface area (Å²) in [6.45, 7) is 5.69. The lowest BCUT2D eigenvalue weighted by Gasteiger charge is -2.35. The highest BCUT2D eigenvalue weighted by Crippen LogP contribution is 2.34. The molecular weight excluding hydrogens is 342 g/mol. The molecule has 0 radical (unpaired) electrons. The number of nitrogens with zero attached hydrogens (tertiary/aromatic N) is 3. The summed E-state index contributed by atoms with van der Waals surface area (Å²) < 4.78 is 6.00. The highest BCUT2D eigenvalue weighted by Gasteiger charge is 2.33. The monoisotopic (exact) mass is 357 g/mol. The Morgan fingerprint density at radius 1 is 1.33 bits per heavy atom. The van der Waals surface area contributed by atoms with Gasteiger partial charge in [-0.05, 0) is 42.8 Å². The van der Waals surface area contributed by atoms with Crippen molar-refractivity contribution in [2.75, 3.05) is 22.9 Å². The van der Waals surface area contributed by atoms with Crippen LogP contribution in [-0.2, 0) is 4.74 Å². The molecular formula is C13H16BrN3O4. The van der Waals surface area contributed by atoms with E-state index in [0.29, 0.717) is 10.2 Å². The van der Waals surface area contributed by atoms with Crippen LogP contribution in [0.5, 0.6) is 0 Å². The first-order valence-corrected chi connectivity index (χ1v) is 7.15. The van der Waals surface area contributed by atoms with E-state index in [1.54, 1.807) is 26.8 Å². The van der Waals surface area contributed by atoms with Gasteiger partial charge in [0.1, 0.15) is 5.60 Å². The summed E-state index contributed by atoms with van der Waals surface area (Å²) in [4.78, 5) is 30.1. The van der Waals surface area contributed by atoms with Crippen LogP contribution in [0.15, 0.2) is 16.7 Å². The summed E-state index contributed by atoms with van der Waals surface area (Å²) in [6.07, 6.45) is -0.128. The zero-order valence-electron chi connectivity index (χ0n) is 12.0. The van der Waals surface area contributed by atoms with Gasteiger partial charge in [-0.25, -0.2) is 14.6 Å². The highest BCUT2D eigenvalue weighted by atomic mass is 79.9. The Morgan fingerprint density at radius 3 is 2.52 bits per heavy atom. The molecule has 0 aromatic carbocycles. The number of carbonyl (C=O) groups excluding carboxylic acids is 1. The van der Waals surface area contributed by atoms with E-state index in [-0.39, 0.29) is 18.9 Å². The minimum absolute atomic E-state index is 0.149. The second-order valence-electron chi connectivity index (χ2n) is 5.56. The molecule has 114 valence electrons. The normalized spacial score (nSPS) is 14.7. The molecule has 0 unspecified atom stereocenters. The molecule has 1 N–H and O–H groups in total. The van der Waals surface area contributed by atoms with E-state index in [4.69, 9.17) is 4.74 Å². The van der Waals surface area contributed by atoms with Gasteiger partial charge in [0.2, 0.25) is 0 Å². The van der Waals surface area contributed by atoms with E-state index in [1.807, 2.05) is 0 Å². The van der Waals surface area contributed by atoms with Crippen LogP contribution in [0.1, 0.15) is 20.8 Å². The first-order chi connectivity index (χ1) is 9.69. The van der Waals surface area contributed by atoms with Gasteiger partial charge < -0.3 is 9.84 Å². The van der Waals surface area contributed by atoms with Crippen molar-refractivity contribution < 1.29 is 19.4 Å². The van der Waals surface area contributed by atoms with Gasteiger partial charge in [0.05, 0.1) is 5.69 Å². The predicted molar refractivity (Wildman–Crippen MR) is 80.9 cm³/mol. The van der Waals surface area contributed by atoms with Crippen molar-refractivity contribution in [2.45, 2.75) is 26.4 Å². The molecule has 0 fully saturated rings. The highest BCUT2D eigenvalue weighted by molar-refractivity contribution is 9.10. The van der Waals surface area contributed by atoms with Crippen molar-refractivity contribution in [1.29, 1.82) is 0 Å². The smallest absolute Gasteiger partial charge is 0.414 e. The molecule has 7 nitrogen and oxygen atoms in total. The van der Waals surface area contributed by atoms with E-state index in [2.05, 4.69) is 20.9 Å². The average molecular weight is 358 g/mol. The van der Waals surface area contributed by atoms with Crippen molar-refractivity contribution in [3.05, 3.63) is 16.7 Å². The maximum absolute atomic E-state index is 12.3. The predicted octanol–water partition coefficient (Wildman–Crippen LogP) is 3.08. The van der Waals surface area contributed by atoms with Crippen molar-refractivity contribution in [3.8, 4) is 0 Å². The summed E-state index contributed by atoms with van der Waals surface area (Å²) in [6, 6.07) is 1.65. The number of hydrogen-bond donors (Lipinski definition) is 1. The van der Waals surface area contributed by atoms with Crippen molar-refractivity contribution in [1.82, 2.24) is 4.98 Å². The number of pyridine rings is 1. The van der Waals surface area contributed by atoms with Gasteiger partial charge in [-0.2, -0.15) is 0 Å². The Labute approximate surface area is 130 Å². The van der Waals surface area contributed by atoms with E-state index in [1.165, 1.54) is 11.1 Å². The number of halogens is 1. The number of carbonyl (C=O) groups is 2. The topological polar surface area (TPSA) is 83.0 Å². The third-order valence-corrected chi connectivity index (χ3v) is 3.19. The van der Waals surface area contributed by atoms with Gasteiger partial charge >= 0.3 is 12.2 Å². The lowest BCUT2D eigenvalue weighted by atomic mass is 10.2. The summed E-state index contributed by atoms with van der Waals surface area (Å²) in [5.41, 5.74) is -0.215. The number of carboxylic acid groups (broad SMARTS) is 1. The number of amides is 2. The second-order valence-corrected chi connectivity index (χ2v) is 6.48. The molecule has 0 bridgehead atoms. The molecule has 0 aliphatic carbocycles. The van der Waals surface area contributed by atoms with Crippen LogP contribution < -0.4 is 9.80 Å². The van der Waals surface area contributed by atoms with Crippen molar-refractivity contribution in [3.63, 3.8) is 0 Å². The van der Waals surface area contributed by atoms with Crippen LogP contribution >= 0.6 is 15.9 Å². The lowest BCUT2D eigenvalue weighted by Crippen LogP contribution is -2.48. The van der Waals surface area contributed by atoms with Gasteiger partial charge in [0.25, 0.3) is 0 Å². The second kappa shape index (κ2) is 5.51. The molecule has 0 saturated carbocycles. The fourth-order valence-electron chi connectivity index (χ4n) is 1.95. The molecule has 1 aliphatic heterocycles. The Balaban J connectivity index is 2.39. The number of rotatable bonds is 0. The van der Waals surface area contributed by atoms with Crippen molar-refractivity contribution >= 4 is 39.6 Å². The maximum atomic E-state index is 12.3. The van der Waals surface area contributed by atoms with Crippen molar-refractivity contribution in [2.24, 2.45) is 0 Å². The van der Waals surface area contributed by atoms with E-state index >= 15 is 0 Å². The van der Waals surface area contributed by atoms with Gasteiger partial charge in [0.15, 0.2) is 5.82 Å². The lowest BCUT2D eigenvalue weighted by molar-refractivity contribution is 0.0579. The van der Waals surface area contributed by atoms with Crippen LogP contribution in [0.3, 0.4) is 0 Å². The zero-order chi connectivity index (χ0) is 15.8. The zero-order valence-corrected chi connectivity index (χ0v) is 13.5. The summed E-state index contributed by atoms with van der Waals surface area (Å²) in [7, 11) is 0. The van der Waals surface area contributed by atoms with Gasteiger partial charge in [-0.1, -0.05) is 0 Å². The Morgan fingerprint density at radius 2 is 1.95 bits per heavy atom. The van der Waals surface area contributed by atoms with E-state index in [0.717, 1.165) is 4.90 Å². The summed E-state index contributed by atoms with van der Waals surface area (Å²) in [5, 5.41) is 9.21. The Hall–Kier alpha value is -1.83. The SMILES string of the molecule is CC(C)(C)OC(=O)N1CCN(C(=O)O)c2ncc(Br)cc21. The Kier molecular flexibility index (Phi) is 4.08. The summed E-state index contributed by atoms with van der Waals surface area (Å²) in [5.74, 6) is 0.225. The van der Waals surface area contributed by atoms with E-state index < -0.39 is 17.8 Å². The average Bonchev–Trinajstić information content (AvgIpc) is 2.34.